The molecule has 0 radical (unpaired) electrons. The van der Waals surface area contributed by atoms with Gasteiger partial charge in [-0.05, 0) is 44.5 Å². The van der Waals surface area contributed by atoms with Crippen molar-refractivity contribution >= 4 is 11.2 Å². The summed E-state index contributed by atoms with van der Waals surface area (Å²) in [5, 5.41) is 0. The van der Waals surface area contributed by atoms with Crippen molar-refractivity contribution in [1.82, 2.24) is 19.4 Å². The molecule has 3 aromatic rings. The predicted octanol–water partition coefficient (Wildman–Crippen LogP) is 3.23. The monoisotopic (exact) mass is 394 g/mol. The Morgan fingerprint density at radius 3 is 2.86 bits per heavy atom. The van der Waals surface area contributed by atoms with E-state index in [-0.39, 0.29) is 6.10 Å². The van der Waals surface area contributed by atoms with Gasteiger partial charge in [0.05, 0.1) is 7.11 Å². The number of hydrogen-bond donors (Lipinski definition) is 0. The molecule has 0 saturated carbocycles. The Hall–Kier alpha value is -2.80. The topological polar surface area (TPSA) is 61.6 Å². The van der Waals surface area contributed by atoms with E-state index in [2.05, 4.69) is 21.4 Å². The highest BCUT2D eigenvalue weighted by Crippen LogP contribution is 2.32. The maximum absolute atomic E-state index is 6.17. The largest absolute Gasteiger partial charge is 0.486 e. The Bertz CT molecular complexity index is 1020. The van der Waals surface area contributed by atoms with Gasteiger partial charge in [-0.25, -0.2) is 4.98 Å². The fourth-order valence-corrected chi connectivity index (χ4v) is 4.47. The number of ether oxygens (including phenoxy) is 3. The van der Waals surface area contributed by atoms with Crippen LogP contribution in [0.1, 0.15) is 24.7 Å². The molecule has 2 aliphatic rings. The Labute approximate surface area is 170 Å². The summed E-state index contributed by atoms with van der Waals surface area (Å²) in [6.45, 7) is 5.52. The van der Waals surface area contributed by atoms with Crippen molar-refractivity contribution in [3.63, 3.8) is 0 Å². The minimum absolute atomic E-state index is 0.0440. The number of likely N-dealkylation sites (tertiary alicyclic amines) is 1. The molecular weight excluding hydrogens is 368 g/mol. The number of benzene rings is 1. The SMILES string of the molecule is COc1ccc2nc(C)n([C@H]3CCCN(C[C@H]4COc5ccccc5O4)C3)c2n1. The molecule has 1 aromatic carbocycles. The zero-order valence-electron chi connectivity index (χ0n) is 16.9. The number of para-hydroxylation sites is 2. The molecule has 2 aliphatic heterocycles. The van der Waals surface area contributed by atoms with Crippen LogP contribution in [0.15, 0.2) is 36.4 Å². The van der Waals surface area contributed by atoms with Crippen LogP contribution in [0.2, 0.25) is 0 Å². The standard InChI is InChI=1S/C22H26N4O3/c1-15-23-18-9-10-21(27-2)24-22(18)26(15)16-6-5-11-25(12-16)13-17-14-28-19-7-3-4-8-20(19)29-17/h3-4,7-10,16-17H,5-6,11-14H2,1-2H3/t16-,17-/m0/s1. The van der Waals surface area contributed by atoms with Crippen LogP contribution in [0, 0.1) is 6.92 Å². The van der Waals surface area contributed by atoms with Crippen molar-refractivity contribution in [2.24, 2.45) is 0 Å². The number of fused-ring (bicyclic) bond motifs is 2. The molecule has 5 rings (SSSR count). The van der Waals surface area contributed by atoms with Gasteiger partial charge in [0.2, 0.25) is 5.88 Å². The molecule has 152 valence electrons. The molecule has 2 atom stereocenters. The molecule has 29 heavy (non-hydrogen) atoms. The number of imidazole rings is 1. The molecule has 7 heteroatoms. The smallest absolute Gasteiger partial charge is 0.215 e. The molecule has 1 fully saturated rings. The van der Waals surface area contributed by atoms with E-state index in [1.54, 1.807) is 7.11 Å². The highest BCUT2D eigenvalue weighted by atomic mass is 16.6. The van der Waals surface area contributed by atoms with Gasteiger partial charge in [0.15, 0.2) is 17.1 Å². The molecule has 0 spiro atoms. The van der Waals surface area contributed by atoms with Crippen LogP contribution in [0.5, 0.6) is 17.4 Å². The normalized spacial score (nSPS) is 22.0. The highest BCUT2D eigenvalue weighted by molar-refractivity contribution is 5.72. The van der Waals surface area contributed by atoms with Crippen LogP contribution >= 0.6 is 0 Å². The highest BCUT2D eigenvalue weighted by Gasteiger charge is 2.29. The van der Waals surface area contributed by atoms with Crippen molar-refractivity contribution in [2.45, 2.75) is 31.9 Å². The lowest BCUT2D eigenvalue weighted by Crippen LogP contribution is -2.45. The fraction of sp³-hybridized carbons (Fsp3) is 0.455. The van der Waals surface area contributed by atoms with Crippen LogP contribution in [0.3, 0.4) is 0 Å². The molecule has 0 aliphatic carbocycles. The number of nitrogens with zero attached hydrogens (tertiary/aromatic N) is 4. The van der Waals surface area contributed by atoms with Gasteiger partial charge in [-0.2, -0.15) is 4.98 Å². The first-order valence-electron chi connectivity index (χ1n) is 10.2. The first kappa shape index (κ1) is 18.2. The molecule has 0 unspecified atom stereocenters. The molecule has 4 heterocycles. The summed E-state index contributed by atoms with van der Waals surface area (Å²) >= 11 is 0. The summed E-state index contributed by atoms with van der Waals surface area (Å²) in [6, 6.07) is 12.1. The molecular formula is C22H26N4O3. The Balaban J connectivity index is 1.33. The van der Waals surface area contributed by atoms with Gasteiger partial charge in [0, 0.05) is 25.2 Å². The second kappa shape index (κ2) is 7.55. The van der Waals surface area contributed by atoms with E-state index in [1.807, 2.05) is 36.4 Å². The van der Waals surface area contributed by atoms with Crippen molar-refractivity contribution in [3.05, 3.63) is 42.2 Å². The van der Waals surface area contributed by atoms with E-state index in [0.29, 0.717) is 18.5 Å². The van der Waals surface area contributed by atoms with Crippen LogP contribution in [-0.2, 0) is 0 Å². The van der Waals surface area contributed by atoms with E-state index in [4.69, 9.17) is 19.2 Å². The molecule has 0 bridgehead atoms. The Morgan fingerprint density at radius 2 is 2.00 bits per heavy atom. The summed E-state index contributed by atoms with van der Waals surface area (Å²) in [6.07, 6.45) is 2.30. The van der Waals surface area contributed by atoms with Gasteiger partial charge < -0.3 is 18.8 Å². The van der Waals surface area contributed by atoms with E-state index in [0.717, 1.165) is 61.0 Å². The summed E-state index contributed by atoms with van der Waals surface area (Å²) in [5.41, 5.74) is 1.82. The van der Waals surface area contributed by atoms with Gasteiger partial charge >= 0.3 is 0 Å². The zero-order chi connectivity index (χ0) is 19.8. The van der Waals surface area contributed by atoms with Crippen molar-refractivity contribution in [3.8, 4) is 17.4 Å². The third kappa shape index (κ3) is 3.51. The second-order valence-electron chi connectivity index (χ2n) is 7.78. The third-order valence-electron chi connectivity index (χ3n) is 5.77. The average molecular weight is 394 g/mol. The van der Waals surface area contributed by atoms with Crippen molar-refractivity contribution in [2.75, 3.05) is 33.4 Å². The first-order chi connectivity index (χ1) is 14.2. The minimum Gasteiger partial charge on any atom is -0.486 e. The van der Waals surface area contributed by atoms with Gasteiger partial charge in [-0.1, -0.05) is 12.1 Å². The van der Waals surface area contributed by atoms with E-state index in [9.17, 15) is 0 Å². The van der Waals surface area contributed by atoms with E-state index in [1.165, 1.54) is 0 Å². The molecule has 1 saturated heterocycles. The summed E-state index contributed by atoms with van der Waals surface area (Å²) in [5.74, 6) is 3.29. The number of piperidine rings is 1. The molecule has 0 N–H and O–H groups in total. The van der Waals surface area contributed by atoms with Gasteiger partial charge in [-0.15, -0.1) is 0 Å². The second-order valence-corrected chi connectivity index (χ2v) is 7.78. The number of aromatic nitrogens is 3. The average Bonchev–Trinajstić information content (AvgIpc) is 3.08. The van der Waals surface area contributed by atoms with Crippen LogP contribution < -0.4 is 14.2 Å². The number of pyridine rings is 1. The Morgan fingerprint density at radius 1 is 1.14 bits per heavy atom. The maximum atomic E-state index is 6.17. The molecule has 2 aromatic heterocycles. The molecule has 0 amide bonds. The van der Waals surface area contributed by atoms with Crippen molar-refractivity contribution in [1.29, 1.82) is 0 Å². The number of rotatable bonds is 4. The van der Waals surface area contributed by atoms with Gasteiger partial charge in [0.1, 0.15) is 24.1 Å². The van der Waals surface area contributed by atoms with Crippen molar-refractivity contribution < 1.29 is 14.2 Å². The van der Waals surface area contributed by atoms with Crippen LogP contribution in [0.4, 0.5) is 0 Å². The lowest BCUT2D eigenvalue weighted by Gasteiger charge is -2.37. The maximum Gasteiger partial charge on any atom is 0.215 e. The van der Waals surface area contributed by atoms with Crippen LogP contribution in [-0.4, -0.2) is 58.9 Å². The zero-order valence-corrected chi connectivity index (χ0v) is 16.9. The summed E-state index contributed by atoms with van der Waals surface area (Å²) in [7, 11) is 1.65. The summed E-state index contributed by atoms with van der Waals surface area (Å²) < 4.78 is 19.7. The number of methoxy groups -OCH3 is 1. The molecule has 7 nitrogen and oxygen atoms in total. The number of hydrogen-bond acceptors (Lipinski definition) is 6. The quantitative estimate of drug-likeness (QED) is 0.677. The minimum atomic E-state index is 0.0440. The predicted molar refractivity (Wildman–Crippen MR) is 110 cm³/mol. The Kier molecular flexibility index (Phi) is 4.75. The van der Waals surface area contributed by atoms with E-state index >= 15 is 0 Å². The number of aryl methyl sites for hydroxylation is 1. The van der Waals surface area contributed by atoms with Gasteiger partial charge in [-0.3, -0.25) is 4.90 Å². The van der Waals surface area contributed by atoms with Crippen LogP contribution in [0.25, 0.3) is 11.2 Å². The third-order valence-corrected chi connectivity index (χ3v) is 5.77. The van der Waals surface area contributed by atoms with E-state index < -0.39 is 0 Å². The summed E-state index contributed by atoms with van der Waals surface area (Å²) in [4.78, 5) is 11.9. The van der Waals surface area contributed by atoms with Gasteiger partial charge in [0.25, 0.3) is 0 Å². The fourth-order valence-electron chi connectivity index (χ4n) is 4.47. The lowest BCUT2D eigenvalue weighted by atomic mass is 10.0. The lowest BCUT2D eigenvalue weighted by molar-refractivity contribution is 0.0462. The first-order valence-corrected chi connectivity index (χ1v) is 10.2.